The van der Waals surface area contributed by atoms with Crippen LogP contribution in [-0.2, 0) is 36.8 Å². The van der Waals surface area contributed by atoms with E-state index < -0.39 is 53.7 Å². The van der Waals surface area contributed by atoms with Gasteiger partial charge in [0.15, 0.2) is 0 Å². The van der Waals surface area contributed by atoms with Gasteiger partial charge >= 0.3 is 0 Å². The number of carbonyl (C=O) groups excluding carboxylic acids is 5. The Morgan fingerprint density at radius 1 is 0.891 bits per heavy atom. The topological polar surface area (TPSA) is 293 Å². The van der Waals surface area contributed by atoms with Gasteiger partial charge in [-0.1, -0.05) is 12.1 Å². The summed E-state index contributed by atoms with van der Waals surface area (Å²) in [5.74, 6) is -3.43. The first-order valence-corrected chi connectivity index (χ1v) is 19.0. The van der Waals surface area contributed by atoms with Gasteiger partial charge in [-0.25, -0.2) is 0 Å². The van der Waals surface area contributed by atoms with Crippen LogP contribution in [0.15, 0.2) is 36.4 Å². The van der Waals surface area contributed by atoms with Crippen molar-refractivity contribution in [2.45, 2.75) is 75.5 Å². The number of aliphatic hydroxyl groups excluding tert-OH is 1. The van der Waals surface area contributed by atoms with E-state index in [9.17, 15) is 39.3 Å². The first-order chi connectivity index (χ1) is 26.4. The molecule has 302 valence electrons. The first kappa shape index (κ1) is 42.9. The largest absolute Gasteiger partial charge is 0.508 e. The van der Waals surface area contributed by atoms with Crippen LogP contribution in [-0.4, -0.2) is 131 Å². The van der Waals surface area contributed by atoms with Crippen LogP contribution in [0.5, 0.6) is 11.5 Å². The van der Waals surface area contributed by atoms with Gasteiger partial charge in [0.2, 0.25) is 29.5 Å². The van der Waals surface area contributed by atoms with Crippen LogP contribution in [0.1, 0.15) is 49.7 Å². The first-order valence-electron chi connectivity index (χ1n) is 19.0. The van der Waals surface area contributed by atoms with E-state index in [2.05, 4.69) is 16.0 Å². The van der Waals surface area contributed by atoms with Gasteiger partial charge in [0.1, 0.15) is 29.6 Å². The number of likely N-dealkylation sites (tertiary alicyclic amines) is 1. The molecular formula is C38H57N9O8. The summed E-state index contributed by atoms with van der Waals surface area (Å²) in [5.41, 5.74) is 25.5. The molecule has 2 aliphatic heterocycles. The number of hydrogen-bond donors (Lipinski definition) is 10. The number of nitrogens with two attached hydrogens (primary N) is 4. The molecule has 17 heteroatoms. The highest BCUT2D eigenvalue weighted by Crippen LogP contribution is 2.31. The van der Waals surface area contributed by atoms with E-state index in [1.165, 1.54) is 21.9 Å². The van der Waals surface area contributed by atoms with E-state index >= 15 is 0 Å². The molecule has 5 atom stereocenters. The second kappa shape index (κ2) is 20.8. The number of phenols is 2. The zero-order valence-electron chi connectivity index (χ0n) is 31.3. The lowest BCUT2D eigenvalue weighted by Gasteiger charge is -2.36. The lowest BCUT2D eigenvalue weighted by atomic mass is 9.93. The summed E-state index contributed by atoms with van der Waals surface area (Å²) in [5, 5.41) is 39.4. The molecular weight excluding hydrogens is 710 g/mol. The predicted molar refractivity (Wildman–Crippen MR) is 205 cm³/mol. The highest BCUT2D eigenvalue weighted by molar-refractivity contribution is 5.94. The molecule has 4 rings (SSSR count). The molecule has 2 aromatic rings. The van der Waals surface area contributed by atoms with Crippen LogP contribution in [0.3, 0.4) is 0 Å². The Morgan fingerprint density at radius 2 is 1.55 bits per heavy atom. The number of benzene rings is 2. The second-order valence-electron chi connectivity index (χ2n) is 14.2. The van der Waals surface area contributed by atoms with Crippen molar-refractivity contribution < 1.29 is 39.3 Å². The number of hydrogen-bond acceptors (Lipinski definition) is 12. The SMILES string of the molecule is NCCC[C@@H]1NC(=O)[C@@H](N)Cc2cc(ccc2O)-c2ccc(O)c(c2)C[C@@H](C(=O)N2CCCC(C(=O)N[C@@H](CCCN)C(=O)N(CCN)CCO)C2)NC1=O. The van der Waals surface area contributed by atoms with Gasteiger partial charge in [0, 0.05) is 45.6 Å². The second-order valence-corrected chi connectivity index (χ2v) is 14.2. The van der Waals surface area contributed by atoms with Gasteiger partial charge in [-0.05, 0) is 98.1 Å². The molecule has 1 unspecified atom stereocenters. The molecule has 5 amide bonds. The van der Waals surface area contributed by atoms with Crippen LogP contribution in [0.25, 0.3) is 11.1 Å². The third-order valence-electron chi connectivity index (χ3n) is 10.1. The minimum atomic E-state index is -1.22. The van der Waals surface area contributed by atoms with Crippen LogP contribution >= 0.6 is 0 Å². The van der Waals surface area contributed by atoms with E-state index in [0.717, 1.165) is 0 Å². The van der Waals surface area contributed by atoms with Crippen molar-refractivity contribution in [1.29, 1.82) is 0 Å². The number of carbonyl (C=O) groups is 5. The summed E-state index contributed by atoms with van der Waals surface area (Å²) in [6, 6.07) is 5.39. The van der Waals surface area contributed by atoms with Gasteiger partial charge in [-0.3, -0.25) is 24.0 Å². The molecule has 0 aromatic heterocycles. The lowest BCUT2D eigenvalue weighted by Crippen LogP contribution is -2.58. The molecule has 14 N–H and O–H groups in total. The van der Waals surface area contributed by atoms with Crippen molar-refractivity contribution >= 4 is 29.5 Å². The Balaban J connectivity index is 1.64. The number of fused-ring (bicyclic) bond motifs is 5. The molecule has 0 spiro atoms. The number of nitrogens with one attached hydrogen (secondary N) is 3. The van der Waals surface area contributed by atoms with E-state index in [1.54, 1.807) is 24.3 Å². The van der Waals surface area contributed by atoms with Crippen LogP contribution in [0.2, 0.25) is 0 Å². The van der Waals surface area contributed by atoms with E-state index in [0.29, 0.717) is 54.5 Å². The maximum absolute atomic E-state index is 14.4. The molecule has 0 saturated carbocycles. The van der Waals surface area contributed by atoms with Gasteiger partial charge in [0.05, 0.1) is 18.6 Å². The fourth-order valence-corrected chi connectivity index (χ4v) is 7.06. The number of nitrogens with zero attached hydrogens (tertiary/aromatic N) is 2. The minimum absolute atomic E-state index is 0.00247. The van der Waals surface area contributed by atoms with Crippen molar-refractivity contribution in [1.82, 2.24) is 25.8 Å². The molecule has 0 radical (unpaired) electrons. The van der Waals surface area contributed by atoms with Crippen LogP contribution in [0.4, 0.5) is 0 Å². The number of amides is 5. The number of rotatable bonds is 14. The minimum Gasteiger partial charge on any atom is -0.508 e. The highest BCUT2D eigenvalue weighted by atomic mass is 16.3. The molecule has 1 fully saturated rings. The van der Waals surface area contributed by atoms with Crippen molar-refractivity contribution in [2.24, 2.45) is 28.9 Å². The standard InChI is InChI=1S/C38H57N9O8/c39-11-1-5-29-36(53)45-31(21-27-19-24(8-10-33(27)50)23-7-9-32(49)26(18-23)20-28(42)35(52)43-29)38(55)47-14-3-4-25(22-47)34(51)44-30(6-2-12-40)37(54)46(15-13-41)16-17-48/h7-10,18-19,25,28-31,48-50H,1-6,11-17,20-22,39-42H2,(H,43,52)(H,44,51)(H,45,53)/t25?,28-,29-,30-,31-/m0/s1. The normalized spacial score (nSPS) is 21.0. The lowest BCUT2D eigenvalue weighted by molar-refractivity contribution is -0.142. The van der Waals surface area contributed by atoms with E-state index in [4.69, 9.17) is 22.9 Å². The number of aromatic hydroxyl groups is 2. The molecule has 1 saturated heterocycles. The summed E-state index contributed by atoms with van der Waals surface area (Å²) < 4.78 is 0. The third kappa shape index (κ3) is 11.6. The summed E-state index contributed by atoms with van der Waals surface area (Å²) in [6.07, 6.45) is 2.02. The van der Waals surface area contributed by atoms with Gasteiger partial charge in [-0.2, -0.15) is 0 Å². The van der Waals surface area contributed by atoms with Gasteiger partial charge in [0.25, 0.3) is 0 Å². The van der Waals surface area contributed by atoms with Crippen molar-refractivity contribution in [3.8, 4) is 22.6 Å². The quantitative estimate of drug-likeness (QED) is 0.101. The number of phenolic OH excluding ortho intramolecular Hbond substituents is 2. The summed E-state index contributed by atoms with van der Waals surface area (Å²) >= 11 is 0. The Hall–Kier alpha value is -4.81. The Kier molecular flexibility index (Phi) is 16.2. The Bertz CT molecular complexity index is 1650. The van der Waals surface area contributed by atoms with Crippen LogP contribution < -0.4 is 38.9 Å². The molecule has 4 bridgehead atoms. The fourth-order valence-electron chi connectivity index (χ4n) is 7.06. The van der Waals surface area contributed by atoms with Gasteiger partial charge in [-0.15, -0.1) is 0 Å². The monoisotopic (exact) mass is 767 g/mol. The van der Waals surface area contributed by atoms with Crippen molar-refractivity contribution in [3.63, 3.8) is 0 Å². The molecule has 2 aromatic carbocycles. The maximum atomic E-state index is 14.4. The number of aliphatic hydroxyl groups is 1. The summed E-state index contributed by atoms with van der Waals surface area (Å²) in [6.45, 7) is 0.985. The number of piperidine rings is 1. The smallest absolute Gasteiger partial charge is 0.245 e. The van der Waals surface area contributed by atoms with E-state index in [1.807, 2.05) is 0 Å². The highest BCUT2D eigenvalue weighted by Gasteiger charge is 2.36. The molecule has 55 heavy (non-hydrogen) atoms. The molecule has 17 nitrogen and oxygen atoms in total. The average molecular weight is 768 g/mol. The molecule has 2 aliphatic rings. The Labute approximate surface area is 321 Å². The van der Waals surface area contributed by atoms with Crippen LogP contribution in [0, 0.1) is 5.92 Å². The average Bonchev–Trinajstić information content (AvgIpc) is 3.18. The molecule has 2 heterocycles. The maximum Gasteiger partial charge on any atom is 0.245 e. The predicted octanol–water partition coefficient (Wildman–Crippen LogP) is -1.86. The van der Waals surface area contributed by atoms with Gasteiger partial charge < -0.3 is 64.0 Å². The van der Waals surface area contributed by atoms with E-state index in [-0.39, 0.29) is 89.0 Å². The zero-order valence-corrected chi connectivity index (χ0v) is 31.3. The molecule has 0 aliphatic carbocycles. The Morgan fingerprint density at radius 3 is 2.16 bits per heavy atom. The summed E-state index contributed by atoms with van der Waals surface area (Å²) in [4.78, 5) is 71.6. The third-order valence-corrected chi connectivity index (χ3v) is 10.1. The fraction of sp³-hybridized carbons (Fsp3) is 0.553. The summed E-state index contributed by atoms with van der Waals surface area (Å²) in [7, 11) is 0. The van der Waals surface area contributed by atoms with Crippen molar-refractivity contribution in [2.75, 3.05) is 52.4 Å². The van der Waals surface area contributed by atoms with Crippen molar-refractivity contribution in [3.05, 3.63) is 47.5 Å². The zero-order chi connectivity index (χ0) is 40.1.